The topological polar surface area (TPSA) is 68.0 Å². The Morgan fingerprint density at radius 3 is 3.00 bits per heavy atom. The molecule has 0 bridgehead atoms. The van der Waals surface area contributed by atoms with Gasteiger partial charge in [0.1, 0.15) is 9.71 Å². The smallest absolute Gasteiger partial charge is 0.267 e. The number of nitrogen functional groups attached to an aromatic ring is 1. The molecule has 0 spiro atoms. The van der Waals surface area contributed by atoms with Crippen molar-refractivity contribution in [2.24, 2.45) is 0 Å². The van der Waals surface area contributed by atoms with Crippen molar-refractivity contribution in [1.29, 1.82) is 0 Å². The van der Waals surface area contributed by atoms with Crippen molar-refractivity contribution in [2.45, 2.75) is 26.2 Å². The minimum Gasteiger partial charge on any atom is -0.397 e. The predicted octanol–water partition coefficient (Wildman–Crippen LogP) is 3.93. The van der Waals surface area contributed by atoms with E-state index in [1.54, 1.807) is 0 Å². The van der Waals surface area contributed by atoms with E-state index in [4.69, 9.17) is 10.7 Å². The first-order valence-electron chi connectivity index (χ1n) is 7.70. The summed E-state index contributed by atoms with van der Waals surface area (Å²) >= 11 is 1.37. The molecule has 2 aromatic heterocycles. The van der Waals surface area contributed by atoms with E-state index in [2.05, 4.69) is 11.4 Å². The van der Waals surface area contributed by atoms with Crippen molar-refractivity contribution in [2.75, 3.05) is 11.1 Å². The van der Waals surface area contributed by atoms with E-state index < -0.39 is 0 Å². The Labute approximate surface area is 138 Å². The number of hydrogen-bond acceptors (Lipinski definition) is 4. The number of benzene rings is 1. The van der Waals surface area contributed by atoms with Crippen LogP contribution >= 0.6 is 11.3 Å². The molecular formula is C18H17N3OS. The van der Waals surface area contributed by atoms with Crippen LogP contribution in [-0.2, 0) is 12.8 Å². The monoisotopic (exact) mass is 323 g/mol. The number of aryl methyl sites for hydroxylation is 3. The summed E-state index contributed by atoms with van der Waals surface area (Å²) in [5.41, 5.74) is 11.1. The molecule has 0 atom stereocenters. The Balaban J connectivity index is 1.71. The summed E-state index contributed by atoms with van der Waals surface area (Å²) in [5.74, 6) is -0.170. The number of carbonyl (C=O) groups is 1. The van der Waals surface area contributed by atoms with Gasteiger partial charge in [-0.3, -0.25) is 4.79 Å². The van der Waals surface area contributed by atoms with Gasteiger partial charge in [-0.2, -0.15) is 0 Å². The first-order valence-corrected chi connectivity index (χ1v) is 8.52. The van der Waals surface area contributed by atoms with Crippen LogP contribution in [0.1, 0.15) is 32.9 Å². The number of fused-ring (bicyclic) bond motifs is 2. The molecule has 5 heteroatoms. The molecule has 0 saturated carbocycles. The zero-order valence-corrected chi connectivity index (χ0v) is 13.7. The van der Waals surface area contributed by atoms with Crippen molar-refractivity contribution in [3.05, 3.63) is 52.0 Å². The maximum Gasteiger partial charge on any atom is 0.267 e. The normalized spacial score (nSPS) is 13.3. The lowest BCUT2D eigenvalue weighted by molar-refractivity contribution is 0.103. The molecule has 0 aliphatic heterocycles. The zero-order chi connectivity index (χ0) is 16.0. The Bertz CT molecular complexity index is 929. The Morgan fingerprint density at radius 2 is 2.17 bits per heavy atom. The number of amides is 1. The van der Waals surface area contributed by atoms with Crippen molar-refractivity contribution in [3.63, 3.8) is 0 Å². The van der Waals surface area contributed by atoms with Crippen LogP contribution in [0, 0.1) is 6.92 Å². The Morgan fingerprint density at radius 1 is 1.30 bits per heavy atom. The molecule has 2 heterocycles. The summed E-state index contributed by atoms with van der Waals surface area (Å²) in [5, 5.41) is 3.83. The molecular weight excluding hydrogens is 306 g/mol. The highest BCUT2D eigenvalue weighted by Crippen LogP contribution is 2.36. The van der Waals surface area contributed by atoms with E-state index in [1.807, 2.05) is 31.2 Å². The highest BCUT2D eigenvalue weighted by Gasteiger charge is 2.21. The predicted molar refractivity (Wildman–Crippen MR) is 95.2 cm³/mol. The van der Waals surface area contributed by atoms with Gasteiger partial charge in [-0.25, -0.2) is 4.98 Å². The van der Waals surface area contributed by atoms with E-state index in [0.29, 0.717) is 10.6 Å². The average molecular weight is 323 g/mol. The molecule has 0 radical (unpaired) electrons. The average Bonchev–Trinajstić information content (AvgIpc) is 3.10. The molecule has 3 N–H and O–H groups in total. The maximum atomic E-state index is 12.6. The molecule has 4 nitrogen and oxygen atoms in total. The molecule has 0 saturated heterocycles. The fourth-order valence-corrected chi connectivity index (χ4v) is 4.07. The molecule has 1 aliphatic carbocycles. The van der Waals surface area contributed by atoms with E-state index >= 15 is 0 Å². The summed E-state index contributed by atoms with van der Waals surface area (Å²) in [6.45, 7) is 1.99. The third kappa shape index (κ3) is 2.47. The summed E-state index contributed by atoms with van der Waals surface area (Å²) < 4.78 is 0. The Hall–Kier alpha value is -2.40. The van der Waals surface area contributed by atoms with Gasteiger partial charge < -0.3 is 11.1 Å². The number of rotatable bonds is 2. The summed E-state index contributed by atoms with van der Waals surface area (Å²) in [6.07, 6.45) is 3.23. The molecule has 3 aromatic rings. The summed E-state index contributed by atoms with van der Waals surface area (Å²) in [4.78, 5) is 18.7. The number of nitrogens with zero attached hydrogens (tertiary/aromatic N) is 1. The molecule has 23 heavy (non-hydrogen) atoms. The number of aromatic nitrogens is 1. The van der Waals surface area contributed by atoms with Gasteiger partial charge >= 0.3 is 0 Å². The van der Waals surface area contributed by atoms with Crippen LogP contribution in [0.4, 0.5) is 11.4 Å². The number of carbonyl (C=O) groups excluding carboxylic acids is 1. The number of thiophene rings is 1. The zero-order valence-electron chi connectivity index (χ0n) is 12.8. The lowest BCUT2D eigenvalue weighted by Gasteiger charge is -2.05. The van der Waals surface area contributed by atoms with Gasteiger partial charge in [-0.05, 0) is 55.5 Å². The van der Waals surface area contributed by atoms with Crippen molar-refractivity contribution in [1.82, 2.24) is 4.98 Å². The largest absolute Gasteiger partial charge is 0.397 e. The van der Waals surface area contributed by atoms with Gasteiger partial charge in [-0.1, -0.05) is 12.1 Å². The highest BCUT2D eigenvalue weighted by atomic mass is 32.1. The van der Waals surface area contributed by atoms with Crippen molar-refractivity contribution >= 4 is 38.8 Å². The third-order valence-corrected chi connectivity index (χ3v) is 5.35. The molecule has 4 rings (SSSR count). The van der Waals surface area contributed by atoms with Crippen LogP contribution in [0.3, 0.4) is 0 Å². The van der Waals surface area contributed by atoms with E-state index in [-0.39, 0.29) is 5.91 Å². The molecule has 0 unspecified atom stereocenters. The van der Waals surface area contributed by atoms with Crippen LogP contribution in [0.25, 0.3) is 10.2 Å². The molecule has 1 aliphatic rings. The minimum absolute atomic E-state index is 0.170. The van der Waals surface area contributed by atoms with Gasteiger partial charge in [0, 0.05) is 16.8 Å². The second-order valence-electron chi connectivity index (χ2n) is 5.97. The maximum absolute atomic E-state index is 12.6. The lowest BCUT2D eigenvalue weighted by atomic mass is 10.1. The van der Waals surface area contributed by atoms with Crippen LogP contribution in [0.2, 0.25) is 0 Å². The number of hydrogen-bond donors (Lipinski definition) is 2. The van der Waals surface area contributed by atoms with E-state index in [1.165, 1.54) is 16.9 Å². The van der Waals surface area contributed by atoms with Gasteiger partial charge in [0.25, 0.3) is 5.91 Å². The summed E-state index contributed by atoms with van der Waals surface area (Å²) in [7, 11) is 0. The quantitative estimate of drug-likeness (QED) is 0.751. The van der Waals surface area contributed by atoms with Gasteiger partial charge in [0.05, 0.1) is 5.69 Å². The van der Waals surface area contributed by atoms with E-state index in [0.717, 1.165) is 46.4 Å². The van der Waals surface area contributed by atoms with Gasteiger partial charge in [-0.15, -0.1) is 11.3 Å². The van der Waals surface area contributed by atoms with Crippen LogP contribution in [-0.4, -0.2) is 10.9 Å². The highest BCUT2D eigenvalue weighted by molar-refractivity contribution is 7.21. The van der Waals surface area contributed by atoms with Crippen LogP contribution in [0.15, 0.2) is 30.3 Å². The summed E-state index contributed by atoms with van der Waals surface area (Å²) in [6, 6.07) is 9.84. The number of anilines is 2. The Kier molecular flexibility index (Phi) is 3.31. The fourth-order valence-electron chi connectivity index (χ4n) is 3.08. The number of nitrogens with two attached hydrogens (primary N) is 1. The molecule has 116 valence electrons. The van der Waals surface area contributed by atoms with Crippen molar-refractivity contribution < 1.29 is 4.79 Å². The van der Waals surface area contributed by atoms with E-state index in [9.17, 15) is 4.79 Å². The van der Waals surface area contributed by atoms with Crippen LogP contribution in [0.5, 0.6) is 0 Å². The SMILES string of the molecule is Cc1cccc(NC(=O)c2sc3nc4c(cc3c2N)CCC4)c1. The van der Waals surface area contributed by atoms with Crippen molar-refractivity contribution in [3.8, 4) is 0 Å². The second-order valence-corrected chi connectivity index (χ2v) is 6.97. The van der Waals surface area contributed by atoms with Gasteiger partial charge in [0.2, 0.25) is 0 Å². The first kappa shape index (κ1) is 14.2. The third-order valence-electron chi connectivity index (χ3n) is 4.23. The first-order chi connectivity index (χ1) is 11.1. The van der Waals surface area contributed by atoms with Crippen LogP contribution < -0.4 is 11.1 Å². The second kappa shape index (κ2) is 5.35. The minimum atomic E-state index is -0.170. The number of nitrogens with one attached hydrogen (secondary N) is 1. The molecule has 1 amide bonds. The lowest BCUT2D eigenvalue weighted by Crippen LogP contribution is -2.11. The fraction of sp³-hybridized carbons (Fsp3) is 0.222. The molecule has 0 fully saturated rings. The van der Waals surface area contributed by atoms with Gasteiger partial charge in [0.15, 0.2) is 0 Å². The standard InChI is InChI=1S/C18H17N3OS/c1-10-4-2-6-12(8-10)20-17(22)16-15(19)13-9-11-5-3-7-14(11)21-18(13)23-16/h2,4,6,8-9H,3,5,7,19H2,1H3,(H,20,22). The number of pyridine rings is 1. The molecule has 1 aromatic carbocycles.